The van der Waals surface area contributed by atoms with Gasteiger partial charge in [0.2, 0.25) is 23.3 Å². The van der Waals surface area contributed by atoms with Crippen molar-refractivity contribution in [3.05, 3.63) is 17.6 Å². The number of anilines is 1. The number of thioether (sulfide) groups is 2. The van der Waals surface area contributed by atoms with Gasteiger partial charge in [0.25, 0.3) is 11.8 Å². The van der Waals surface area contributed by atoms with Gasteiger partial charge >= 0.3 is 6.18 Å². The molecule has 4 heterocycles. The SMILES string of the molecule is NCCn1nnnc1SCC1=CN2C(=O)C(NC(=O)C(=NOCC(F)(F)F)c3nsc(N)n3)[C@@H]2SC1. The smallest absolute Gasteiger partial charge is 0.385 e. The molecule has 0 saturated carbocycles. The van der Waals surface area contributed by atoms with E-state index in [1.54, 1.807) is 10.9 Å². The number of carbonyl (C=O) groups is 2. The summed E-state index contributed by atoms with van der Waals surface area (Å²) in [5.41, 5.74) is 11.4. The summed E-state index contributed by atoms with van der Waals surface area (Å²) >= 11 is 3.55. The molecule has 20 heteroatoms. The van der Waals surface area contributed by atoms with Crippen LogP contribution in [-0.4, -0.2) is 94.2 Å². The monoisotopic (exact) mass is 565 g/mol. The third-order valence-corrected chi connectivity index (χ3v) is 7.59. The van der Waals surface area contributed by atoms with Crippen LogP contribution in [0.5, 0.6) is 0 Å². The van der Waals surface area contributed by atoms with E-state index in [1.807, 2.05) is 0 Å². The normalized spacial score (nSPS) is 20.0. The number of nitrogens with one attached hydrogen (secondary N) is 1. The van der Waals surface area contributed by atoms with Gasteiger partial charge in [-0.3, -0.25) is 9.59 Å². The predicted molar refractivity (Wildman–Crippen MR) is 124 cm³/mol. The highest BCUT2D eigenvalue weighted by molar-refractivity contribution is 8.01. The second-order valence-corrected chi connectivity index (χ2v) is 10.1. The Hall–Kier alpha value is -2.97. The van der Waals surface area contributed by atoms with Crippen LogP contribution in [0.4, 0.5) is 18.3 Å². The molecule has 0 radical (unpaired) electrons. The molecule has 0 bridgehead atoms. The second kappa shape index (κ2) is 11.0. The number of tetrazole rings is 1. The topological polar surface area (TPSA) is 192 Å². The summed E-state index contributed by atoms with van der Waals surface area (Å²) in [6.45, 7) is -0.851. The van der Waals surface area contributed by atoms with Gasteiger partial charge in [-0.25, -0.2) is 4.68 Å². The number of amides is 2. The Morgan fingerprint density at radius 2 is 2.22 bits per heavy atom. The van der Waals surface area contributed by atoms with Crippen molar-refractivity contribution in [2.45, 2.75) is 29.3 Å². The van der Waals surface area contributed by atoms with Crippen molar-refractivity contribution in [1.82, 2.24) is 39.8 Å². The van der Waals surface area contributed by atoms with Crippen LogP contribution in [0.25, 0.3) is 0 Å². The van der Waals surface area contributed by atoms with Crippen molar-refractivity contribution in [1.29, 1.82) is 0 Å². The molecule has 2 aliphatic heterocycles. The molecule has 2 aromatic heterocycles. The van der Waals surface area contributed by atoms with E-state index in [2.05, 4.69) is 40.2 Å². The number of alkyl halides is 3. The molecule has 2 aliphatic rings. The van der Waals surface area contributed by atoms with Gasteiger partial charge in [0.1, 0.15) is 11.4 Å². The first-order chi connectivity index (χ1) is 17.2. The first kappa shape index (κ1) is 26.1. The zero-order valence-corrected chi connectivity index (χ0v) is 20.5. The van der Waals surface area contributed by atoms with Gasteiger partial charge in [-0.2, -0.15) is 22.5 Å². The lowest BCUT2D eigenvalue weighted by Crippen LogP contribution is -2.69. The molecule has 2 atom stereocenters. The molecule has 2 amide bonds. The van der Waals surface area contributed by atoms with E-state index in [4.69, 9.17) is 11.5 Å². The number of nitrogens with zero attached hydrogens (tertiary/aromatic N) is 8. The van der Waals surface area contributed by atoms with Crippen molar-refractivity contribution < 1.29 is 27.6 Å². The Labute approximate surface area is 213 Å². The van der Waals surface area contributed by atoms with Crippen LogP contribution in [0.15, 0.2) is 22.1 Å². The number of halogens is 3. The van der Waals surface area contributed by atoms with Crippen LogP contribution >= 0.6 is 35.1 Å². The molecular weight excluding hydrogens is 547 g/mol. The molecular formula is C16H18F3N11O3S3. The lowest BCUT2D eigenvalue weighted by atomic mass is 10.1. The minimum Gasteiger partial charge on any atom is -0.385 e. The average molecular weight is 566 g/mol. The first-order valence-corrected chi connectivity index (χ1v) is 12.9. The Morgan fingerprint density at radius 3 is 2.92 bits per heavy atom. The number of oxime groups is 1. The summed E-state index contributed by atoms with van der Waals surface area (Å²) in [6.07, 6.45) is -2.96. The van der Waals surface area contributed by atoms with Crippen LogP contribution in [0.1, 0.15) is 5.82 Å². The Morgan fingerprint density at radius 1 is 1.42 bits per heavy atom. The van der Waals surface area contributed by atoms with E-state index in [0.29, 0.717) is 29.8 Å². The van der Waals surface area contributed by atoms with Crippen LogP contribution < -0.4 is 16.8 Å². The molecule has 5 N–H and O–H groups in total. The number of rotatable bonds is 10. The van der Waals surface area contributed by atoms with E-state index >= 15 is 0 Å². The Kier molecular flexibility index (Phi) is 7.95. The fourth-order valence-electron chi connectivity index (χ4n) is 3.05. The van der Waals surface area contributed by atoms with E-state index in [1.165, 1.54) is 28.4 Å². The summed E-state index contributed by atoms with van der Waals surface area (Å²) in [4.78, 5) is 35.0. The summed E-state index contributed by atoms with van der Waals surface area (Å²) in [5.74, 6) is -0.557. The van der Waals surface area contributed by atoms with Crippen LogP contribution in [0.2, 0.25) is 0 Å². The fraction of sp³-hybridized carbons (Fsp3) is 0.500. The maximum Gasteiger partial charge on any atom is 0.425 e. The predicted octanol–water partition coefficient (Wildman–Crippen LogP) is -0.575. The fourth-order valence-corrected chi connectivity index (χ4v) is 5.74. The number of nitrogen functional groups attached to an aromatic ring is 1. The largest absolute Gasteiger partial charge is 0.425 e. The van der Waals surface area contributed by atoms with Crippen molar-refractivity contribution in [2.75, 3.05) is 30.4 Å². The molecule has 1 fully saturated rings. The maximum atomic E-state index is 12.8. The number of hydrogen-bond acceptors (Lipinski definition) is 14. The van der Waals surface area contributed by atoms with Crippen molar-refractivity contribution in [3.63, 3.8) is 0 Å². The average Bonchev–Trinajstić information content (AvgIpc) is 3.46. The quantitative estimate of drug-likeness (QED) is 0.144. The van der Waals surface area contributed by atoms with Gasteiger partial charge in [-0.15, -0.1) is 16.9 Å². The highest BCUT2D eigenvalue weighted by atomic mass is 32.2. The van der Waals surface area contributed by atoms with Gasteiger partial charge in [0.05, 0.1) is 6.54 Å². The van der Waals surface area contributed by atoms with E-state index < -0.39 is 41.7 Å². The molecule has 2 aromatic rings. The summed E-state index contributed by atoms with van der Waals surface area (Å²) < 4.78 is 42.7. The number of fused-ring (bicyclic) bond motifs is 1. The molecule has 1 unspecified atom stereocenters. The van der Waals surface area contributed by atoms with Crippen LogP contribution in [-0.2, 0) is 21.0 Å². The van der Waals surface area contributed by atoms with Gasteiger partial charge in [-0.1, -0.05) is 16.9 Å². The Balaban J connectivity index is 1.38. The summed E-state index contributed by atoms with van der Waals surface area (Å²) in [5, 5.41) is 17.3. The maximum absolute atomic E-state index is 12.8. The van der Waals surface area contributed by atoms with Gasteiger partial charge in [-0.05, 0) is 16.0 Å². The standard InChI is InChI=1S/C16H18F3N11O3S3/c17-16(18,19)6-33-25-8(10-23-14(21)36-26-10)11(31)22-9-12(32)29-3-7(4-34-13(9)29)5-35-15-24-27-28-30(15)2-1-20/h3,9,13H,1-2,4-6,20H2,(H,22,31)(H2,21,23,26)/t9?,13-/m0/s1. The lowest BCUT2D eigenvalue weighted by molar-refractivity contribution is -0.174. The number of aromatic nitrogens is 6. The number of carbonyl (C=O) groups excluding carboxylic acids is 2. The van der Waals surface area contributed by atoms with Crippen molar-refractivity contribution in [2.24, 2.45) is 10.9 Å². The number of nitrogens with two attached hydrogens (primary N) is 2. The van der Waals surface area contributed by atoms with Crippen LogP contribution in [0.3, 0.4) is 0 Å². The third-order valence-electron chi connectivity index (χ3n) is 4.61. The van der Waals surface area contributed by atoms with Crippen molar-refractivity contribution >= 4 is 57.7 Å². The zero-order valence-electron chi connectivity index (χ0n) is 18.1. The van der Waals surface area contributed by atoms with E-state index in [-0.39, 0.29) is 11.0 Å². The van der Waals surface area contributed by atoms with Gasteiger partial charge in [0, 0.05) is 35.8 Å². The molecule has 194 valence electrons. The van der Waals surface area contributed by atoms with E-state index in [0.717, 1.165) is 17.1 Å². The van der Waals surface area contributed by atoms with Crippen molar-refractivity contribution in [3.8, 4) is 0 Å². The minimum absolute atomic E-state index is 0.0253. The molecule has 0 aromatic carbocycles. The molecule has 36 heavy (non-hydrogen) atoms. The van der Waals surface area contributed by atoms with Gasteiger partial charge < -0.3 is 26.5 Å². The first-order valence-electron chi connectivity index (χ1n) is 10.1. The lowest BCUT2D eigenvalue weighted by Gasteiger charge is -2.47. The number of hydrogen-bond donors (Lipinski definition) is 3. The molecule has 0 aliphatic carbocycles. The highest BCUT2D eigenvalue weighted by Crippen LogP contribution is 2.37. The highest BCUT2D eigenvalue weighted by Gasteiger charge is 2.50. The third kappa shape index (κ3) is 6.05. The zero-order chi connectivity index (χ0) is 25.9. The molecule has 14 nitrogen and oxygen atoms in total. The minimum atomic E-state index is -4.66. The van der Waals surface area contributed by atoms with E-state index in [9.17, 15) is 22.8 Å². The molecule has 4 rings (SSSR count). The van der Waals surface area contributed by atoms with Gasteiger partial charge in [0.15, 0.2) is 5.13 Å². The summed E-state index contributed by atoms with van der Waals surface area (Å²) in [6, 6.07) is -0.923. The van der Waals surface area contributed by atoms with Crippen LogP contribution in [0, 0.1) is 0 Å². The molecule has 0 spiro atoms. The Bertz CT molecular complexity index is 1180. The number of β-lactam (4-membered cyclic amide) rings is 1. The summed E-state index contributed by atoms with van der Waals surface area (Å²) in [7, 11) is 0. The second-order valence-electron chi connectivity index (χ2n) is 7.23. The molecule has 1 saturated heterocycles.